The minimum atomic E-state index is -0.580. The maximum Gasteiger partial charge on any atom is 0.330 e. The minimum absolute atomic E-state index is 0.0137. The summed E-state index contributed by atoms with van der Waals surface area (Å²) in [5.41, 5.74) is 0.915. The highest BCUT2D eigenvalue weighted by atomic mass is 16.5. The molecular formula is C63H97N3O11. The fourth-order valence-corrected chi connectivity index (χ4v) is 9.41. The van der Waals surface area contributed by atoms with Gasteiger partial charge in [0.05, 0.1) is 51.3 Å². The Morgan fingerprint density at radius 2 is 0.883 bits per heavy atom. The van der Waals surface area contributed by atoms with E-state index < -0.39 is 5.66 Å². The number of nitrogens with zero attached hydrogens (tertiary/aromatic N) is 1. The Morgan fingerprint density at radius 3 is 1.26 bits per heavy atom. The molecule has 1 atom stereocenters. The van der Waals surface area contributed by atoms with E-state index in [1.165, 1.54) is 18.2 Å². The summed E-state index contributed by atoms with van der Waals surface area (Å²) in [4.78, 5) is 63.3. The van der Waals surface area contributed by atoms with Gasteiger partial charge in [0.1, 0.15) is 0 Å². The lowest BCUT2D eigenvalue weighted by Gasteiger charge is -2.31. The summed E-state index contributed by atoms with van der Waals surface area (Å²) in [6, 6.07) is 13.2. The van der Waals surface area contributed by atoms with Crippen molar-refractivity contribution >= 4 is 29.7 Å². The summed E-state index contributed by atoms with van der Waals surface area (Å²) in [5.74, 6) is 0.147. The van der Waals surface area contributed by atoms with Crippen molar-refractivity contribution in [2.24, 2.45) is 0 Å². The summed E-state index contributed by atoms with van der Waals surface area (Å²) in [6.07, 6.45) is 32.6. The van der Waals surface area contributed by atoms with Gasteiger partial charge >= 0.3 is 17.9 Å². The number of carbonyl (C=O) groups excluding carboxylic acids is 5. The summed E-state index contributed by atoms with van der Waals surface area (Å²) >= 11 is 0. The monoisotopic (exact) mass is 1070 g/mol. The first kappa shape index (κ1) is 65.7. The van der Waals surface area contributed by atoms with E-state index in [0.717, 1.165) is 179 Å². The molecule has 2 aromatic carbocycles. The lowest BCUT2D eigenvalue weighted by Crippen LogP contribution is -2.49. The predicted octanol–water partition coefficient (Wildman–Crippen LogP) is 13.1. The molecule has 0 saturated carbocycles. The molecule has 1 aliphatic heterocycles. The molecule has 14 heteroatoms. The van der Waals surface area contributed by atoms with Crippen molar-refractivity contribution < 1.29 is 52.4 Å². The topological polar surface area (TPSA) is 168 Å². The van der Waals surface area contributed by atoms with Crippen LogP contribution in [0.3, 0.4) is 0 Å². The SMILES string of the molecule is C=CC(=O)OCCCCCCCCCCCOc1cc(C(=O)NCCN2C(=O)[C@H](Cc3ccccc3)NC2(C)C)cc(OCCCCCCCCCCCOC(=O)C=C)c1OCCCCCCCCCCCOC(=O)C=C. The largest absolute Gasteiger partial charge is 0.490 e. The molecule has 0 unspecified atom stereocenters. The Kier molecular flexibility index (Phi) is 35.4. The molecule has 0 radical (unpaired) electrons. The van der Waals surface area contributed by atoms with E-state index >= 15 is 0 Å². The highest BCUT2D eigenvalue weighted by Crippen LogP contribution is 2.40. The van der Waals surface area contributed by atoms with Crippen LogP contribution in [-0.2, 0) is 39.8 Å². The molecule has 1 heterocycles. The molecule has 430 valence electrons. The number of hydrogen-bond acceptors (Lipinski definition) is 12. The van der Waals surface area contributed by atoms with Gasteiger partial charge in [0.2, 0.25) is 11.7 Å². The highest BCUT2D eigenvalue weighted by molar-refractivity contribution is 5.95. The van der Waals surface area contributed by atoms with Crippen LogP contribution in [-0.4, -0.2) is 99.1 Å². The summed E-state index contributed by atoms with van der Waals surface area (Å²) in [7, 11) is 0. The van der Waals surface area contributed by atoms with Crippen LogP contribution in [0.1, 0.15) is 203 Å². The van der Waals surface area contributed by atoms with Gasteiger partial charge in [-0.05, 0) is 76.5 Å². The second kappa shape index (κ2) is 41.5. The van der Waals surface area contributed by atoms with Gasteiger partial charge in [-0.3, -0.25) is 14.9 Å². The van der Waals surface area contributed by atoms with E-state index in [-0.39, 0.29) is 42.3 Å². The summed E-state index contributed by atoms with van der Waals surface area (Å²) < 4.78 is 34.8. The molecule has 1 aliphatic rings. The molecule has 0 spiro atoms. The average Bonchev–Trinajstić information content (AvgIpc) is 3.64. The van der Waals surface area contributed by atoms with Crippen molar-refractivity contribution in [3.8, 4) is 17.2 Å². The zero-order valence-corrected chi connectivity index (χ0v) is 47.4. The number of amides is 2. The zero-order valence-electron chi connectivity index (χ0n) is 47.4. The number of hydrogen-bond donors (Lipinski definition) is 2. The van der Waals surface area contributed by atoms with Crippen molar-refractivity contribution in [2.45, 2.75) is 205 Å². The Balaban J connectivity index is 1.63. The first-order valence-electron chi connectivity index (χ1n) is 29.3. The number of unbranched alkanes of at least 4 members (excludes halogenated alkanes) is 24. The number of nitrogens with one attached hydrogen (secondary N) is 2. The van der Waals surface area contributed by atoms with Crippen LogP contribution < -0.4 is 24.8 Å². The van der Waals surface area contributed by atoms with Crippen molar-refractivity contribution in [3.63, 3.8) is 0 Å². The lowest BCUT2D eigenvalue weighted by molar-refractivity contribution is -0.138. The molecule has 3 rings (SSSR count). The Hall–Kier alpha value is -5.63. The van der Waals surface area contributed by atoms with E-state index in [0.29, 0.717) is 75.4 Å². The highest BCUT2D eigenvalue weighted by Gasteiger charge is 2.43. The first-order chi connectivity index (χ1) is 37.5. The minimum Gasteiger partial charge on any atom is -0.490 e. The van der Waals surface area contributed by atoms with Gasteiger partial charge in [0.25, 0.3) is 5.91 Å². The fraction of sp³-hybridized carbons (Fsp3) is 0.635. The molecule has 1 fully saturated rings. The second-order valence-electron chi connectivity index (χ2n) is 20.7. The molecule has 0 aromatic heterocycles. The summed E-state index contributed by atoms with van der Waals surface area (Å²) in [6.45, 7) is 17.7. The lowest BCUT2D eigenvalue weighted by atomic mass is 10.1. The molecule has 0 aliphatic carbocycles. The van der Waals surface area contributed by atoms with Crippen LogP contribution in [0.25, 0.3) is 0 Å². The van der Waals surface area contributed by atoms with Gasteiger partial charge in [0.15, 0.2) is 11.5 Å². The smallest absolute Gasteiger partial charge is 0.330 e. The van der Waals surface area contributed by atoms with Crippen LogP contribution >= 0.6 is 0 Å². The van der Waals surface area contributed by atoms with Gasteiger partial charge in [-0.1, -0.05) is 185 Å². The average molecular weight is 1070 g/mol. The maximum atomic E-state index is 14.1. The third kappa shape index (κ3) is 29.6. The molecule has 14 nitrogen and oxygen atoms in total. The number of esters is 3. The third-order valence-electron chi connectivity index (χ3n) is 13.8. The third-order valence-corrected chi connectivity index (χ3v) is 13.8. The van der Waals surface area contributed by atoms with Crippen LogP contribution in [0.2, 0.25) is 0 Å². The van der Waals surface area contributed by atoms with Gasteiger partial charge in [-0.2, -0.15) is 0 Å². The quantitative estimate of drug-likeness (QED) is 0.0279. The molecule has 2 amide bonds. The van der Waals surface area contributed by atoms with E-state index in [4.69, 9.17) is 28.4 Å². The zero-order chi connectivity index (χ0) is 55.6. The van der Waals surface area contributed by atoms with Gasteiger partial charge < -0.3 is 38.6 Å². The van der Waals surface area contributed by atoms with Crippen molar-refractivity contribution in [3.05, 3.63) is 91.6 Å². The van der Waals surface area contributed by atoms with Crippen LogP contribution in [0.4, 0.5) is 0 Å². The molecule has 2 N–H and O–H groups in total. The van der Waals surface area contributed by atoms with Crippen molar-refractivity contribution in [1.82, 2.24) is 15.5 Å². The maximum absolute atomic E-state index is 14.1. The number of rotatable bonds is 48. The number of ether oxygens (including phenoxy) is 6. The fourth-order valence-electron chi connectivity index (χ4n) is 9.41. The van der Waals surface area contributed by atoms with Crippen LogP contribution in [0.15, 0.2) is 80.4 Å². The summed E-state index contributed by atoms with van der Waals surface area (Å²) in [5, 5.41) is 6.58. The van der Waals surface area contributed by atoms with Crippen molar-refractivity contribution in [2.75, 3.05) is 52.7 Å². The van der Waals surface area contributed by atoms with Gasteiger partial charge in [0, 0.05) is 36.9 Å². The number of benzene rings is 2. The van der Waals surface area contributed by atoms with Crippen LogP contribution in [0.5, 0.6) is 17.2 Å². The van der Waals surface area contributed by atoms with E-state index in [1.54, 1.807) is 12.1 Å². The second-order valence-corrected chi connectivity index (χ2v) is 20.7. The molecule has 2 aromatic rings. The van der Waals surface area contributed by atoms with E-state index in [9.17, 15) is 24.0 Å². The van der Waals surface area contributed by atoms with Crippen LogP contribution in [0, 0.1) is 0 Å². The first-order valence-corrected chi connectivity index (χ1v) is 29.3. The standard InChI is InChI=1S/C63H97N3O11/c1-6-57(67)74-45-35-26-20-14-9-12-18-24-33-43-72-55-50-53(61(70)64-41-42-66-62(71)54(65-63(66,4)5)49-52-39-31-30-32-40-52)51-56(73-44-34-25-19-13-10-15-21-27-36-46-75-58(68)7-2)60(55)77-48-38-29-23-17-11-16-22-28-37-47-76-59(69)8-3/h6-8,30-32,39-40,50-51,54,65H,1-3,9-29,33-38,41-49H2,4-5H3,(H,64,70)/t54-/m0/s1. The molecule has 77 heavy (non-hydrogen) atoms. The normalized spacial score (nSPS) is 13.7. The molecule has 1 saturated heterocycles. The Morgan fingerprint density at radius 1 is 0.532 bits per heavy atom. The van der Waals surface area contributed by atoms with Crippen molar-refractivity contribution in [1.29, 1.82) is 0 Å². The molecule has 0 bridgehead atoms. The van der Waals surface area contributed by atoms with Gasteiger partial charge in [-0.25, -0.2) is 14.4 Å². The van der Waals surface area contributed by atoms with E-state index in [2.05, 4.69) is 30.4 Å². The number of carbonyl (C=O) groups is 5. The Bertz CT molecular complexity index is 1940. The van der Waals surface area contributed by atoms with E-state index in [1.807, 2.05) is 49.1 Å². The predicted molar refractivity (Wildman–Crippen MR) is 306 cm³/mol. The van der Waals surface area contributed by atoms with Gasteiger partial charge in [-0.15, -0.1) is 0 Å². The molecular weight excluding hydrogens is 975 g/mol. The Labute approximate surface area is 462 Å².